The SMILES string of the molecule is CN1C(=O)C[C@H](NC(=O)Nc2ccc(NC(=O)c3ccccc3)cc2C(F)(F)F)C1=O. The lowest BCUT2D eigenvalue weighted by molar-refractivity contribution is -0.138. The third kappa shape index (κ3) is 5.00. The molecular formula is C20H17F3N4O4. The largest absolute Gasteiger partial charge is 0.418 e. The number of imide groups is 1. The van der Waals surface area contributed by atoms with Gasteiger partial charge in [-0.3, -0.25) is 19.3 Å². The number of urea groups is 1. The van der Waals surface area contributed by atoms with E-state index in [1.54, 1.807) is 18.2 Å². The van der Waals surface area contributed by atoms with Crippen molar-refractivity contribution in [3.8, 4) is 0 Å². The van der Waals surface area contributed by atoms with E-state index in [0.717, 1.165) is 11.0 Å². The molecule has 31 heavy (non-hydrogen) atoms. The number of anilines is 2. The van der Waals surface area contributed by atoms with E-state index in [1.807, 2.05) is 5.32 Å². The highest BCUT2D eigenvalue weighted by Crippen LogP contribution is 2.36. The maximum Gasteiger partial charge on any atom is 0.418 e. The Morgan fingerprint density at radius 3 is 2.29 bits per heavy atom. The van der Waals surface area contributed by atoms with Crippen molar-refractivity contribution in [3.05, 3.63) is 59.7 Å². The van der Waals surface area contributed by atoms with Crippen LogP contribution in [0.1, 0.15) is 22.3 Å². The van der Waals surface area contributed by atoms with Gasteiger partial charge in [0.2, 0.25) is 5.91 Å². The van der Waals surface area contributed by atoms with Crippen molar-refractivity contribution >= 4 is 35.1 Å². The summed E-state index contributed by atoms with van der Waals surface area (Å²) in [5.74, 6) is -1.76. The average Bonchev–Trinajstić information content (AvgIpc) is 2.95. The Balaban J connectivity index is 1.76. The molecule has 1 atom stereocenters. The number of rotatable bonds is 4. The van der Waals surface area contributed by atoms with E-state index in [2.05, 4.69) is 10.6 Å². The van der Waals surface area contributed by atoms with E-state index in [0.29, 0.717) is 6.07 Å². The minimum atomic E-state index is -4.84. The summed E-state index contributed by atoms with van der Waals surface area (Å²) in [6.07, 6.45) is -5.12. The van der Waals surface area contributed by atoms with Crippen LogP contribution in [0, 0.1) is 0 Å². The molecule has 3 N–H and O–H groups in total. The van der Waals surface area contributed by atoms with Crippen molar-refractivity contribution in [3.63, 3.8) is 0 Å². The molecule has 162 valence electrons. The number of nitrogens with zero attached hydrogens (tertiary/aromatic N) is 1. The molecule has 0 unspecified atom stereocenters. The van der Waals surface area contributed by atoms with Crippen LogP contribution in [-0.4, -0.2) is 41.7 Å². The number of nitrogens with one attached hydrogen (secondary N) is 3. The summed E-state index contributed by atoms with van der Waals surface area (Å²) in [7, 11) is 1.24. The molecule has 1 heterocycles. The Morgan fingerprint density at radius 1 is 1.03 bits per heavy atom. The molecular weight excluding hydrogens is 417 g/mol. The van der Waals surface area contributed by atoms with Crippen molar-refractivity contribution < 1.29 is 32.3 Å². The molecule has 1 aliphatic rings. The van der Waals surface area contributed by atoms with Crippen LogP contribution >= 0.6 is 0 Å². The first-order valence-corrected chi connectivity index (χ1v) is 9.02. The fourth-order valence-corrected chi connectivity index (χ4v) is 2.94. The maximum absolute atomic E-state index is 13.5. The summed E-state index contributed by atoms with van der Waals surface area (Å²) in [6.45, 7) is 0. The highest BCUT2D eigenvalue weighted by molar-refractivity contribution is 6.07. The Labute approximate surface area is 174 Å². The van der Waals surface area contributed by atoms with Crippen LogP contribution in [0.5, 0.6) is 0 Å². The van der Waals surface area contributed by atoms with Crippen LogP contribution in [-0.2, 0) is 15.8 Å². The Hall–Kier alpha value is -3.89. The molecule has 0 aromatic heterocycles. The molecule has 2 aromatic rings. The Bertz CT molecular complexity index is 1040. The topological polar surface area (TPSA) is 108 Å². The quantitative estimate of drug-likeness (QED) is 0.643. The minimum absolute atomic E-state index is 0.120. The summed E-state index contributed by atoms with van der Waals surface area (Å²) in [5.41, 5.74) is -1.63. The normalized spacial score (nSPS) is 16.3. The van der Waals surface area contributed by atoms with Crippen molar-refractivity contribution in [1.82, 2.24) is 10.2 Å². The predicted molar refractivity (Wildman–Crippen MR) is 104 cm³/mol. The van der Waals surface area contributed by atoms with Crippen LogP contribution in [0.3, 0.4) is 0 Å². The van der Waals surface area contributed by atoms with Gasteiger partial charge in [-0.1, -0.05) is 18.2 Å². The second-order valence-corrected chi connectivity index (χ2v) is 6.72. The van der Waals surface area contributed by atoms with E-state index in [-0.39, 0.29) is 17.7 Å². The van der Waals surface area contributed by atoms with Crippen molar-refractivity contribution in [2.75, 3.05) is 17.7 Å². The first-order valence-electron chi connectivity index (χ1n) is 9.02. The highest BCUT2D eigenvalue weighted by Gasteiger charge is 2.38. The zero-order chi connectivity index (χ0) is 22.8. The smallest absolute Gasteiger partial charge is 0.326 e. The fraction of sp³-hybridized carbons (Fsp3) is 0.200. The summed E-state index contributed by atoms with van der Waals surface area (Å²) >= 11 is 0. The molecule has 1 fully saturated rings. The lowest BCUT2D eigenvalue weighted by Gasteiger charge is -2.17. The molecule has 5 amide bonds. The molecule has 1 saturated heterocycles. The zero-order valence-electron chi connectivity index (χ0n) is 16.1. The van der Waals surface area contributed by atoms with Crippen LogP contribution in [0.2, 0.25) is 0 Å². The highest BCUT2D eigenvalue weighted by atomic mass is 19.4. The lowest BCUT2D eigenvalue weighted by atomic mass is 10.1. The molecule has 0 saturated carbocycles. The maximum atomic E-state index is 13.5. The monoisotopic (exact) mass is 434 g/mol. The molecule has 3 rings (SSSR count). The van der Waals surface area contributed by atoms with Gasteiger partial charge in [0.05, 0.1) is 17.7 Å². The number of alkyl halides is 3. The van der Waals surface area contributed by atoms with Crippen LogP contribution < -0.4 is 16.0 Å². The van der Waals surface area contributed by atoms with Crippen molar-refractivity contribution in [1.29, 1.82) is 0 Å². The number of hydrogen-bond acceptors (Lipinski definition) is 4. The lowest BCUT2D eigenvalue weighted by Crippen LogP contribution is -2.42. The number of carbonyl (C=O) groups is 4. The molecule has 0 aliphatic carbocycles. The van der Waals surface area contributed by atoms with E-state index in [1.165, 1.54) is 25.2 Å². The van der Waals surface area contributed by atoms with Gasteiger partial charge in [0, 0.05) is 18.3 Å². The number of halogens is 3. The van der Waals surface area contributed by atoms with Gasteiger partial charge in [0.15, 0.2) is 0 Å². The van der Waals surface area contributed by atoms with E-state index < -0.39 is 47.2 Å². The molecule has 0 bridgehead atoms. The van der Waals surface area contributed by atoms with Gasteiger partial charge >= 0.3 is 12.2 Å². The molecule has 11 heteroatoms. The molecule has 0 radical (unpaired) electrons. The molecule has 1 aliphatic heterocycles. The van der Waals surface area contributed by atoms with E-state index >= 15 is 0 Å². The zero-order valence-corrected chi connectivity index (χ0v) is 16.1. The summed E-state index contributed by atoms with van der Waals surface area (Å²) in [6, 6.07) is 8.57. The second-order valence-electron chi connectivity index (χ2n) is 6.72. The Kier molecular flexibility index (Phi) is 5.95. The van der Waals surface area contributed by atoms with Gasteiger partial charge < -0.3 is 16.0 Å². The van der Waals surface area contributed by atoms with Gasteiger partial charge in [0.25, 0.3) is 11.8 Å². The fourth-order valence-electron chi connectivity index (χ4n) is 2.94. The summed E-state index contributed by atoms with van der Waals surface area (Å²) in [4.78, 5) is 48.5. The first-order chi connectivity index (χ1) is 14.6. The summed E-state index contributed by atoms with van der Waals surface area (Å²) in [5, 5.41) is 6.60. The number of benzene rings is 2. The molecule has 8 nitrogen and oxygen atoms in total. The number of amides is 5. The third-order valence-corrected chi connectivity index (χ3v) is 4.55. The van der Waals surface area contributed by atoms with Gasteiger partial charge in [0.1, 0.15) is 6.04 Å². The summed E-state index contributed by atoms with van der Waals surface area (Å²) < 4.78 is 40.6. The second kappa shape index (κ2) is 8.46. The number of carbonyl (C=O) groups excluding carboxylic acids is 4. The van der Waals surface area contributed by atoms with Gasteiger partial charge in [-0.15, -0.1) is 0 Å². The molecule has 2 aromatic carbocycles. The predicted octanol–water partition coefficient (Wildman–Crippen LogP) is 2.84. The number of hydrogen-bond donors (Lipinski definition) is 3. The van der Waals surface area contributed by atoms with Gasteiger partial charge in [-0.2, -0.15) is 13.2 Å². The van der Waals surface area contributed by atoms with Crippen LogP contribution in [0.25, 0.3) is 0 Å². The minimum Gasteiger partial charge on any atom is -0.326 e. The number of likely N-dealkylation sites (N-methyl/N-ethyl adjacent to an activating group) is 1. The van der Waals surface area contributed by atoms with Crippen LogP contribution in [0.15, 0.2) is 48.5 Å². The standard InChI is InChI=1S/C20H17F3N4O4/c1-27-16(28)10-15(18(27)30)26-19(31)25-14-8-7-12(9-13(14)20(21,22)23)24-17(29)11-5-3-2-4-6-11/h2-9,15H,10H2,1H3,(H,24,29)(H2,25,26,31)/t15-/m0/s1. The average molecular weight is 434 g/mol. The van der Waals surface area contributed by atoms with E-state index in [9.17, 15) is 32.3 Å². The first kappa shape index (κ1) is 21.8. The van der Waals surface area contributed by atoms with Crippen molar-refractivity contribution in [2.24, 2.45) is 0 Å². The van der Waals surface area contributed by atoms with Crippen LogP contribution in [0.4, 0.5) is 29.3 Å². The van der Waals surface area contributed by atoms with Gasteiger partial charge in [-0.25, -0.2) is 4.79 Å². The third-order valence-electron chi connectivity index (χ3n) is 4.55. The van der Waals surface area contributed by atoms with Crippen molar-refractivity contribution in [2.45, 2.75) is 18.6 Å². The number of likely N-dealkylation sites (tertiary alicyclic amines) is 1. The van der Waals surface area contributed by atoms with E-state index in [4.69, 9.17) is 0 Å². The Morgan fingerprint density at radius 2 is 1.71 bits per heavy atom. The molecule has 0 spiro atoms. The van der Waals surface area contributed by atoms with Gasteiger partial charge in [-0.05, 0) is 30.3 Å².